The molecule has 0 aromatic heterocycles. The van der Waals surface area contributed by atoms with Gasteiger partial charge in [0.2, 0.25) is 0 Å². The van der Waals surface area contributed by atoms with E-state index in [4.69, 9.17) is 0 Å². The average molecular weight is 455 g/mol. The van der Waals surface area contributed by atoms with Crippen molar-refractivity contribution in [3.05, 3.63) is 24.3 Å². The van der Waals surface area contributed by atoms with Crippen LogP contribution in [0.5, 0.6) is 0 Å². The van der Waals surface area contributed by atoms with Gasteiger partial charge >= 0.3 is 0 Å². The zero-order valence-electron chi connectivity index (χ0n) is 22.1. The fourth-order valence-electron chi connectivity index (χ4n) is 11.3. The van der Waals surface area contributed by atoms with E-state index in [2.05, 4.69) is 46.4 Å². The van der Waals surface area contributed by atoms with Gasteiger partial charge in [0.1, 0.15) is 0 Å². The number of aliphatic hydroxyl groups excluding tert-OH is 2. The normalized spacial score (nSPS) is 51.1. The molecule has 5 aliphatic carbocycles. The molecule has 9 unspecified atom stereocenters. The number of rotatable bonds is 6. The van der Waals surface area contributed by atoms with Crippen LogP contribution in [0.1, 0.15) is 105 Å². The minimum absolute atomic E-state index is 0.0712. The maximum Gasteiger partial charge on any atom is 0.0639 e. The van der Waals surface area contributed by atoms with Crippen molar-refractivity contribution in [2.24, 2.45) is 50.7 Å². The van der Waals surface area contributed by atoms with Crippen molar-refractivity contribution >= 4 is 0 Å². The predicted molar refractivity (Wildman–Crippen MR) is 137 cm³/mol. The second kappa shape index (κ2) is 7.70. The molecule has 33 heavy (non-hydrogen) atoms. The Balaban J connectivity index is 1.42. The van der Waals surface area contributed by atoms with Crippen molar-refractivity contribution in [1.29, 1.82) is 0 Å². The zero-order valence-corrected chi connectivity index (χ0v) is 22.1. The van der Waals surface area contributed by atoms with Gasteiger partial charge in [-0.25, -0.2) is 0 Å². The van der Waals surface area contributed by atoms with Crippen LogP contribution in [0.3, 0.4) is 0 Å². The summed E-state index contributed by atoms with van der Waals surface area (Å²) >= 11 is 0. The van der Waals surface area contributed by atoms with Gasteiger partial charge in [0.15, 0.2) is 0 Å². The van der Waals surface area contributed by atoms with Gasteiger partial charge in [-0.15, -0.1) is 6.58 Å². The third kappa shape index (κ3) is 2.92. The Kier molecular flexibility index (Phi) is 5.62. The van der Waals surface area contributed by atoms with Gasteiger partial charge in [-0.3, -0.25) is 0 Å². The number of hydrogen-bond acceptors (Lipinski definition) is 2. The summed E-state index contributed by atoms with van der Waals surface area (Å²) < 4.78 is 0. The molecule has 0 bridgehead atoms. The van der Waals surface area contributed by atoms with Crippen LogP contribution < -0.4 is 0 Å². The van der Waals surface area contributed by atoms with Crippen LogP contribution in [0.4, 0.5) is 0 Å². The molecule has 5 fully saturated rings. The number of fused-ring (bicyclic) bond motifs is 2. The molecule has 0 radical (unpaired) electrons. The lowest BCUT2D eigenvalue weighted by atomic mass is 9.41. The molecule has 2 spiro atoms. The molecule has 5 aliphatic rings. The van der Waals surface area contributed by atoms with Crippen molar-refractivity contribution in [3.8, 4) is 0 Å². The summed E-state index contributed by atoms with van der Waals surface area (Å²) in [6.07, 6.45) is 18.8. The highest BCUT2D eigenvalue weighted by molar-refractivity contribution is 5.33. The number of hydrogen-bond donors (Lipinski definition) is 2. The molecule has 0 amide bonds. The monoisotopic (exact) mass is 454 g/mol. The van der Waals surface area contributed by atoms with E-state index in [0.29, 0.717) is 27.6 Å². The molecule has 0 aromatic carbocycles. The van der Waals surface area contributed by atoms with E-state index in [9.17, 15) is 10.2 Å². The SMILES string of the molecule is C=CC12CCC(C(C)CCC=C(C)CO)C1(C)CCC13CC14CCC(O)C(C)(C)C4CCC23. The van der Waals surface area contributed by atoms with Gasteiger partial charge in [-0.05, 0) is 128 Å². The Morgan fingerprint density at radius 3 is 2.39 bits per heavy atom. The Morgan fingerprint density at radius 1 is 1.00 bits per heavy atom. The maximum atomic E-state index is 10.9. The molecule has 2 nitrogen and oxygen atoms in total. The van der Waals surface area contributed by atoms with E-state index in [1.165, 1.54) is 57.8 Å². The van der Waals surface area contributed by atoms with Gasteiger partial charge in [-0.2, -0.15) is 0 Å². The number of aliphatic hydroxyl groups is 2. The van der Waals surface area contributed by atoms with Crippen molar-refractivity contribution < 1.29 is 10.2 Å². The van der Waals surface area contributed by atoms with Crippen molar-refractivity contribution in [2.45, 2.75) is 111 Å². The summed E-state index contributed by atoms with van der Waals surface area (Å²) in [6, 6.07) is 0. The van der Waals surface area contributed by atoms with E-state index in [1.54, 1.807) is 0 Å². The molecular formula is C31H50O2. The average Bonchev–Trinajstić information content (AvgIpc) is 3.35. The molecular weight excluding hydrogens is 404 g/mol. The van der Waals surface area contributed by atoms with Gasteiger partial charge < -0.3 is 10.2 Å². The third-order valence-corrected chi connectivity index (χ3v) is 13.1. The van der Waals surface area contributed by atoms with Crippen molar-refractivity contribution in [2.75, 3.05) is 6.61 Å². The largest absolute Gasteiger partial charge is 0.393 e. The first-order valence-corrected chi connectivity index (χ1v) is 14.1. The highest BCUT2D eigenvalue weighted by Crippen LogP contribution is 2.89. The third-order valence-electron chi connectivity index (χ3n) is 13.1. The molecule has 5 rings (SSSR count). The van der Waals surface area contributed by atoms with Crippen LogP contribution in [-0.2, 0) is 0 Å². The van der Waals surface area contributed by atoms with E-state index in [1.807, 2.05) is 6.92 Å². The Hall–Kier alpha value is -0.600. The minimum Gasteiger partial charge on any atom is -0.393 e. The molecule has 0 heterocycles. The van der Waals surface area contributed by atoms with Gasteiger partial charge in [0.25, 0.3) is 0 Å². The second-order valence-corrected chi connectivity index (χ2v) is 14.1. The fraction of sp³-hybridized carbons (Fsp3) is 0.871. The Morgan fingerprint density at radius 2 is 1.70 bits per heavy atom. The Labute approximate surface area is 203 Å². The van der Waals surface area contributed by atoms with Crippen LogP contribution in [0.2, 0.25) is 0 Å². The smallest absolute Gasteiger partial charge is 0.0639 e. The first-order chi connectivity index (χ1) is 15.5. The van der Waals surface area contributed by atoms with Crippen LogP contribution in [-0.4, -0.2) is 22.9 Å². The summed E-state index contributed by atoms with van der Waals surface area (Å²) in [5.41, 5.74) is 2.89. The summed E-state index contributed by atoms with van der Waals surface area (Å²) in [6.45, 7) is 16.7. The molecule has 0 aromatic rings. The summed E-state index contributed by atoms with van der Waals surface area (Å²) in [5.74, 6) is 3.01. The molecule has 0 aliphatic heterocycles. The molecule has 186 valence electrons. The Bertz CT molecular complexity index is 827. The summed E-state index contributed by atoms with van der Waals surface area (Å²) in [4.78, 5) is 0. The van der Waals surface area contributed by atoms with Crippen LogP contribution in [0.15, 0.2) is 24.3 Å². The van der Waals surface area contributed by atoms with Crippen LogP contribution >= 0.6 is 0 Å². The maximum absolute atomic E-state index is 10.9. The summed E-state index contributed by atoms with van der Waals surface area (Å²) in [7, 11) is 0. The highest BCUT2D eigenvalue weighted by Gasteiger charge is 2.82. The van der Waals surface area contributed by atoms with Crippen molar-refractivity contribution in [3.63, 3.8) is 0 Å². The van der Waals surface area contributed by atoms with Crippen LogP contribution in [0, 0.1) is 50.7 Å². The quantitative estimate of drug-likeness (QED) is 0.413. The molecule has 5 saturated carbocycles. The van der Waals surface area contributed by atoms with Gasteiger partial charge in [-0.1, -0.05) is 45.4 Å². The highest BCUT2D eigenvalue weighted by atomic mass is 16.3. The lowest BCUT2D eigenvalue weighted by molar-refractivity contribution is -0.152. The first-order valence-electron chi connectivity index (χ1n) is 14.1. The van der Waals surface area contributed by atoms with Gasteiger partial charge in [0.05, 0.1) is 12.7 Å². The minimum atomic E-state index is -0.121. The first kappa shape index (κ1) is 24.1. The molecule has 9 atom stereocenters. The van der Waals surface area contributed by atoms with E-state index < -0.39 is 0 Å². The summed E-state index contributed by atoms with van der Waals surface area (Å²) in [5, 5.41) is 20.2. The van der Waals surface area contributed by atoms with Crippen LogP contribution in [0.25, 0.3) is 0 Å². The lowest BCUT2D eigenvalue weighted by Gasteiger charge is -2.63. The standard InChI is InChI=1S/C31H50O2/c1-7-29-15-13-23(22(3)10-8-9-21(2)19-32)28(29,6)17-18-31-20-30(31)16-14-26(33)27(4,5)24(30)11-12-25(29)31/h7,9,22-26,32-33H,1,8,10-20H2,2-6H3. The van der Waals surface area contributed by atoms with E-state index in [-0.39, 0.29) is 18.1 Å². The topological polar surface area (TPSA) is 40.5 Å². The predicted octanol–water partition coefficient (Wildman–Crippen LogP) is 7.31. The lowest BCUT2D eigenvalue weighted by Crippen LogP contribution is -2.58. The zero-order chi connectivity index (χ0) is 23.9. The van der Waals surface area contributed by atoms with Gasteiger partial charge in [0, 0.05) is 0 Å². The number of allylic oxidation sites excluding steroid dienone is 2. The van der Waals surface area contributed by atoms with E-state index >= 15 is 0 Å². The molecule has 2 N–H and O–H groups in total. The van der Waals surface area contributed by atoms with E-state index in [0.717, 1.165) is 36.2 Å². The molecule has 2 heteroatoms. The van der Waals surface area contributed by atoms with Crippen molar-refractivity contribution in [1.82, 2.24) is 0 Å². The molecule has 0 saturated heterocycles. The second-order valence-electron chi connectivity index (χ2n) is 14.1. The fourth-order valence-corrected chi connectivity index (χ4v) is 11.3.